The number of ether oxygens (including phenoxy) is 1. The first-order valence-electron chi connectivity index (χ1n) is 6.75. The van der Waals surface area contributed by atoms with Crippen LogP contribution in [0, 0.1) is 0 Å². The van der Waals surface area contributed by atoms with Crippen LogP contribution in [0.3, 0.4) is 0 Å². The minimum atomic E-state index is 0.730. The van der Waals surface area contributed by atoms with Crippen LogP contribution in [0.5, 0.6) is 5.75 Å². The zero-order valence-electron chi connectivity index (χ0n) is 12.1. The fourth-order valence-electron chi connectivity index (χ4n) is 2.31. The Labute approximate surface area is 123 Å². The second-order valence-corrected chi connectivity index (χ2v) is 5.04. The van der Waals surface area contributed by atoms with E-state index in [-0.39, 0.29) is 0 Å². The van der Waals surface area contributed by atoms with Gasteiger partial charge in [0.1, 0.15) is 5.75 Å². The first-order chi connectivity index (χ1) is 10.2. The Hall–Kier alpha value is -2.69. The summed E-state index contributed by atoms with van der Waals surface area (Å²) in [5.41, 5.74) is 9.54. The van der Waals surface area contributed by atoms with Crippen LogP contribution in [-0.2, 0) is 6.54 Å². The van der Waals surface area contributed by atoms with Gasteiger partial charge in [0.05, 0.1) is 18.1 Å². The summed E-state index contributed by atoms with van der Waals surface area (Å²) in [6, 6.07) is 13.7. The van der Waals surface area contributed by atoms with Gasteiger partial charge in [0.25, 0.3) is 0 Å². The Kier molecular flexibility index (Phi) is 3.39. The average molecular weight is 282 g/mol. The van der Waals surface area contributed by atoms with Gasteiger partial charge in [0, 0.05) is 19.3 Å². The molecule has 1 aromatic heterocycles. The summed E-state index contributed by atoms with van der Waals surface area (Å²) in [4.78, 5) is 9.93. The lowest BCUT2D eigenvalue weighted by molar-refractivity contribution is 0.414. The molecule has 1 heterocycles. The number of H-pyrrole nitrogens is 1. The van der Waals surface area contributed by atoms with Crippen LogP contribution < -0.4 is 15.4 Å². The first kappa shape index (κ1) is 13.3. The van der Waals surface area contributed by atoms with Gasteiger partial charge in [-0.2, -0.15) is 0 Å². The largest absolute Gasteiger partial charge is 0.497 e. The zero-order chi connectivity index (χ0) is 14.8. The van der Waals surface area contributed by atoms with E-state index < -0.39 is 0 Å². The lowest BCUT2D eigenvalue weighted by Crippen LogP contribution is -2.17. The molecule has 0 spiro atoms. The van der Waals surface area contributed by atoms with E-state index in [1.165, 1.54) is 0 Å². The molecule has 0 aliphatic heterocycles. The van der Waals surface area contributed by atoms with Crippen molar-refractivity contribution in [1.82, 2.24) is 9.97 Å². The third-order valence-corrected chi connectivity index (χ3v) is 3.41. The number of nitrogens with one attached hydrogen (secondary N) is 1. The van der Waals surface area contributed by atoms with E-state index in [4.69, 9.17) is 10.5 Å². The molecule has 5 nitrogen and oxygen atoms in total. The van der Waals surface area contributed by atoms with Gasteiger partial charge in [-0.25, -0.2) is 4.98 Å². The van der Waals surface area contributed by atoms with Crippen LogP contribution in [0.1, 0.15) is 5.56 Å². The second kappa shape index (κ2) is 5.36. The number of nitrogens with two attached hydrogens (primary N) is 1. The quantitative estimate of drug-likeness (QED) is 0.722. The number of rotatable bonds is 4. The smallest absolute Gasteiger partial charge is 0.203 e. The van der Waals surface area contributed by atoms with Crippen molar-refractivity contribution in [2.45, 2.75) is 6.54 Å². The summed E-state index contributed by atoms with van der Waals surface area (Å²) in [7, 11) is 3.67. The molecule has 0 radical (unpaired) electrons. The fourth-order valence-corrected chi connectivity index (χ4v) is 2.31. The maximum absolute atomic E-state index is 5.79. The van der Waals surface area contributed by atoms with Gasteiger partial charge in [-0.15, -0.1) is 0 Å². The van der Waals surface area contributed by atoms with Crippen molar-refractivity contribution in [2.24, 2.45) is 0 Å². The van der Waals surface area contributed by atoms with Crippen LogP contribution in [0.2, 0.25) is 0 Å². The lowest BCUT2D eigenvalue weighted by Gasteiger charge is -2.16. The third kappa shape index (κ3) is 2.76. The number of hydrogen-bond donors (Lipinski definition) is 2. The highest BCUT2D eigenvalue weighted by Crippen LogP contribution is 2.21. The SMILES string of the molecule is COc1cccc(CN(C)c2nc3ccc(N)cc3[nH]2)c1. The van der Waals surface area contributed by atoms with Gasteiger partial charge in [-0.1, -0.05) is 12.1 Å². The predicted molar refractivity (Wildman–Crippen MR) is 85.6 cm³/mol. The first-order valence-corrected chi connectivity index (χ1v) is 6.75. The second-order valence-electron chi connectivity index (χ2n) is 5.04. The number of aromatic amines is 1. The summed E-state index contributed by atoms with van der Waals surface area (Å²) in [6.07, 6.45) is 0. The van der Waals surface area contributed by atoms with Crippen LogP contribution in [0.4, 0.5) is 11.6 Å². The molecule has 0 bridgehead atoms. The minimum absolute atomic E-state index is 0.730. The minimum Gasteiger partial charge on any atom is -0.497 e. The van der Waals surface area contributed by atoms with Gasteiger partial charge in [-0.3, -0.25) is 0 Å². The number of aromatic nitrogens is 2. The molecule has 5 heteroatoms. The predicted octanol–water partition coefficient (Wildman–Crippen LogP) is 2.79. The van der Waals surface area contributed by atoms with Crippen LogP contribution in [0.25, 0.3) is 11.0 Å². The topological polar surface area (TPSA) is 67.2 Å². The monoisotopic (exact) mass is 282 g/mol. The summed E-state index contributed by atoms with van der Waals surface area (Å²) in [6.45, 7) is 0.743. The number of fused-ring (bicyclic) bond motifs is 1. The third-order valence-electron chi connectivity index (χ3n) is 3.41. The summed E-state index contributed by atoms with van der Waals surface area (Å²) >= 11 is 0. The Morgan fingerprint density at radius 3 is 2.90 bits per heavy atom. The van der Waals surface area contributed by atoms with Gasteiger partial charge in [-0.05, 0) is 35.9 Å². The average Bonchev–Trinajstić information content (AvgIpc) is 2.90. The van der Waals surface area contributed by atoms with Crippen molar-refractivity contribution >= 4 is 22.7 Å². The van der Waals surface area contributed by atoms with Gasteiger partial charge >= 0.3 is 0 Å². The molecule has 3 rings (SSSR count). The number of nitrogen functional groups attached to an aromatic ring is 1. The molecule has 0 aliphatic carbocycles. The van der Waals surface area contributed by atoms with Crippen LogP contribution in [-0.4, -0.2) is 24.1 Å². The fraction of sp³-hybridized carbons (Fsp3) is 0.188. The Balaban J connectivity index is 1.84. The number of benzene rings is 2. The Morgan fingerprint density at radius 1 is 1.24 bits per heavy atom. The van der Waals surface area contributed by atoms with Crippen molar-refractivity contribution in [3.8, 4) is 5.75 Å². The van der Waals surface area contributed by atoms with E-state index in [9.17, 15) is 0 Å². The highest BCUT2D eigenvalue weighted by Gasteiger charge is 2.08. The molecule has 0 amide bonds. The highest BCUT2D eigenvalue weighted by molar-refractivity contribution is 5.80. The summed E-state index contributed by atoms with van der Waals surface area (Å²) in [5, 5.41) is 0. The van der Waals surface area contributed by atoms with Crippen molar-refractivity contribution in [3.05, 3.63) is 48.0 Å². The van der Waals surface area contributed by atoms with E-state index in [1.54, 1.807) is 7.11 Å². The van der Waals surface area contributed by atoms with E-state index in [2.05, 4.69) is 20.9 Å². The Morgan fingerprint density at radius 2 is 2.10 bits per heavy atom. The maximum Gasteiger partial charge on any atom is 0.203 e. The highest BCUT2D eigenvalue weighted by atomic mass is 16.5. The zero-order valence-corrected chi connectivity index (χ0v) is 12.1. The maximum atomic E-state index is 5.79. The summed E-state index contributed by atoms with van der Waals surface area (Å²) in [5.74, 6) is 1.68. The number of methoxy groups -OCH3 is 1. The Bertz CT molecular complexity index is 766. The molecule has 2 aromatic carbocycles. The van der Waals surface area contributed by atoms with Gasteiger partial charge in [0.15, 0.2) is 0 Å². The summed E-state index contributed by atoms with van der Waals surface area (Å²) < 4.78 is 5.25. The number of hydrogen-bond acceptors (Lipinski definition) is 4. The molecule has 21 heavy (non-hydrogen) atoms. The van der Waals surface area contributed by atoms with Crippen molar-refractivity contribution in [1.29, 1.82) is 0 Å². The molecular formula is C16H18N4O. The number of nitrogens with zero attached hydrogens (tertiary/aromatic N) is 2. The molecule has 0 atom stereocenters. The standard InChI is InChI=1S/C16H18N4O/c1-20(10-11-4-3-5-13(8-11)21-2)16-18-14-7-6-12(17)9-15(14)19-16/h3-9H,10,17H2,1-2H3,(H,18,19). The number of anilines is 2. The van der Waals surface area contributed by atoms with Crippen molar-refractivity contribution in [3.63, 3.8) is 0 Å². The van der Waals surface area contributed by atoms with Crippen molar-refractivity contribution in [2.75, 3.05) is 24.8 Å². The van der Waals surface area contributed by atoms with E-state index in [1.807, 2.05) is 43.4 Å². The number of imidazole rings is 1. The molecule has 0 aliphatic rings. The van der Waals surface area contributed by atoms with Gasteiger partial charge in [0.2, 0.25) is 5.95 Å². The molecule has 0 unspecified atom stereocenters. The van der Waals surface area contributed by atoms with Crippen LogP contribution in [0.15, 0.2) is 42.5 Å². The van der Waals surface area contributed by atoms with Gasteiger partial charge < -0.3 is 20.4 Å². The van der Waals surface area contributed by atoms with E-state index in [0.29, 0.717) is 0 Å². The van der Waals surface area contributed by atoms with Crippen molar-refractivity contribution < 1.29 is 4.74 Å². The van der Waals surface area contributed by atoms with E-state index >= 15 is 0 Å². The van der Waals surface area contributed by atoms with E-state index in [0.717, 1.165) is 40.5 Å². The molecule has 0 fully saturated rings. The molecule has 3 N–H and O–H groups in total. The molecule has 108 valence electrons. The molecule has 3 aromatic rings. The molecule has 0 saturated carbocycles. The molecular weight excluding hydrogens is 264 g/mol. The normalized spacial score (nSPS) is 10.8. The lowest BCUT2D eigenvalue weighted by atomic mass is 10.2. The van der Waals surface area contributed by atoms with Crippen LogP contribution >= 0.6 is 0 Å². The molecule has 0 saturated heterocycles.